The molecule has 0 aliphatic carbocycles. The molecule has 24 heteroatoms. The molecular formula is C43H67N9O15. The van der Waals surface area contributed by atoms with E-state index in [0.717, 1.165) is 30.6 Å². The largest absolute Gasteiger partial charge is 0.508 e. The number of ketones is 1. The molecule has 2 aliphatic rings. The molecule has 0 spiro atoms. The molecule has 2 fully saturated rings. The van der Waals surface area contributed by atoms with E-state index < -0.39 is 144 Å². The molecule has 3 rings (SSSR count). The van der Waals surface area contributed by atoms with Gasteiger partial charge in [-0.15, -0.1) is 0 Å². The van der Waals surface area contributed by atoms with Crippen molar-refractivity contribution in [2.24, 2.45) is 11.7 Å². The van der Waals surface area contributed by atoms with E-state index in [-0.39, 0.29) is 38.1 Å². The number of aliphatic hydroxyl groups excluding tert-OH is 5. The Balaban J connectivity index is 1.82. The van der Waals surface area contributed by atoms with Gasteiger partial charge in [0.1, 0.15) is 48.0 Å². The lowest BCUT2D eigenvalue weighted by atomic mass is 9.99. The summed E-state index contributed by atoms with van der Waals surface area (Å²) in [5.74, 6) is -8.85. The number of hydrogen-bond acceptors (Lipinski definition) is 16. The van der Waals surface area contributed by atoms with Crippen molar-refractivity contribution in [3.8, 4) is 5.75 Å². The molecule has 1 aromatic rings. The van der Waals surface area contributed by atoms with Crippen molar-refractivity contribution >= 4 is 53.0 Å². The lowest BCUT2D eigenvalue weighted by Gasteiger charge is -2.33. The number of amides is 8. The minimum atomic E-state index is -1.86. The van der Waals surface area contributed by atoms with Crippen LogP contribution >= 0.6 is 0 Å². The standard InChI is InChI=1S/C43H67N9O15/c1-18(2)32(47-38(62)26(46-37(61)20(4)45-8)14-24-9-10-28(57)19(3)13-24)42(66)52-17-25(56)15-27(52)39(63)49-34(22(6)54)40(64)50-35(23(7)55)43(67)51-12-11-29(58)36(51)41(65)48-33(21(5)53)30(59)16-31(44)60/h9-10,13,18,20,22-23,25-27,29-30,32-36,45,54-59H,11-12,14-17H2,1-8H3,(H2,44,60)(H,46,61)(H,47,62)(H,48,65)(H,49,63)(H,50,64). The number of phenols is 1. The zero-order chi connectivity index (χ0) is 50.8. The Labute approximate surface area is 387 Å². The highest BCUT2D eigenvalue weighted by molar-refractivity contribution is 5.99. The first-order valence-electron chi connectivity index (χ1n) is 22.0. The first-order valence-corrected chi connectivity index (χ1v) is 22.0. The fourth-order valence-electron chi connectivity index (χ4n) is 7.81. The Hall–Kier alpha value is -5.79. The van der Waals surface area contributed by atoms with Gasteiger partial charge in [0.25, 0.3) is 0 Å². The summed E-state index contributed by atoms with van der Waals surface area (Å²) >= 11 is 0. The molecule has 24 nitrogen and oxygen atoms in total. The summed E-state index contributed by atoms with van der Waals surface area (Å²) in [5, 5.41) is 78.2. The smallest absolute Gasteiger partial charge is 0.248 e. The Bertz CT molecular complexity index is 2000. The van der Waals surface area contributed by atoms with Crippen LogP contribution in [0.4, 0.5) is 0 Å². The van der Waals surface area contributed by atoms with E-state index in [9.17, 15) is 73.8 Å². The number of nitrogens with one attached hydrogen (secondary N) is 6. The Kier molecular flexibility index (Phi) is 20.1. The molecule has 0 bridgehead atoms. The minimum absolute atomic E-state index is 0.0238. The number of hydrogen-bond donors (Lipinski definition) is 13. The highest BCUT2D eigenvalue weighted by atomic mass is 16.3. The number of phenolic OH excluding ortho intramolecular Hbond substituents is 1. The van der Waals surface area contributed by atoms with Gasteiger partial charge >= 0.3 is 0 Å². The van der Waals surface area contributed by atoms with E-state index in [1.54, 1.807) is 46.9 Å². The molecule has 8 amide bonds. The summed E-state index contributed by atoms with van der Waals surface area (Å²) in [4.78, 5) is 122. The van der Waals surface area contributed by atoms with Gasteiger partial charge < -0.3 is 78.1 Å². The molecule has 13 atom stereocenters. The second kappa shape index (κ2) is 24.3. The summed E-state index contributed by atoms with van der Waals surface area (Å²) in [6.45, 7) is 9.08. The van der Waals surface area contributed by atoms with Gasteiger partial charge in [0.2, 0.25) is 47.3 Å². The molecule has 0 aromatic heterocycles. The molecule has 0 saturated carbocycles. The molecule has 67 heavy (non-hydrogen) atoms. The Morgan fingerprint density at radius 3 is 1.88 bits per heavy atom. The van der Waals surface area contributed by atoms with Gasteiger partial charge in [-0.05, 0) is 71.2 Å². The number of primary amides is 1. The van der Waals surface area contributed by atoms with Crippen LogP contribution in [0.2, 0.25) is 0 Å². The third kappa shape index (κ3) is 14.6. The molecule has 2 heterocycles. The normalized spacial score (nSPS) is 22.2. The van der Waals surface area contributed by atoms with E-state index in [0.29, 0.717) is 11.1 Å². The summed E-state index contributed by atoms with van der Waals surface area (Å²) in [5.41, 5.74) is 6.22. The second-order valence-corrected chi connectivity index (χ2v) is 17.6. The van der Waals surface area contributed by atoms with Crippen LogP contribution in [-0.2, 0) is 49.6 Å². The van der Waals surface area contributed by atoms with Gasteiger partial charge in [0, 0.05) is 25.9 Å². The SMILES string of the molecule is CNC(C)C(=O)NC(Cc1ccc(O)c(C)c1)C(=O)NC(C(=O)N1CC(O)CC1C(=O)NC(C(=O)NC(C(=O)N1CCC(O)C1C(=O)NC(C(C)=O)C(O)CC(N)=O)C(C)O)C(C)O)C(C)C. The molecular weight excluding hydrogens is 883 g/mol. The van der Waals surface area contributed by atoms with E-state index >= 15 is 0 Å². The summed E-state index contributed by atoms with van der Waals surface area (Å²) in [6.07, 6.45) is -9.09. The first-order chi connectivity index (χ1) is 31.2. The van der Waals surface area contributed by atoms with Gasteiger partial charge in [0.05, 0.1) is 43.0 Å². The van der Waals surface area contributed by atoms with Crippen LogP contribution in [0.1, 0.15) is 71.9 Å². The number of carbonyl (C=O) groups is 9. The number of nitrogens with zero attached hydrogens (tertiary/aromatic N) is 2. The maximum absolute atomic E-state index is 14.3. The lowest BCUT2D eigenvalue weighted by Crippen LogP contribution is -2.64. The lowest BCUT2D eigenvalue weighted by molar-refractivity contribution is -0.147. The van der Waals surface area contributed by atoms with Crippen molar-refractivity contribution in [2.75, 3.05) is 20.1 Å². The van der Waals surface area contributed by atoms with Crippen LogP contribution in [0.3, 0.4) is 0 Å². The Morgan fingerprint density at radius 1 is 0.761 bits per heavy atom. The maximum atomic E-state index is 14.3. The second-order valence-electron chi connectivity index (χ2n) is 17.6. The number of nitrogens with two attached hydrogens (primary N) is 1. The van der Waals surface area contributed by atoms with Gasteiger partial charge in [-0.2, -0.15) is 0 Å². The third-order valence-corrected chi connectivity index (χ3v) is 11.8. The van der Waals surface area contributed by atoms with Crippen molar-refractivity contribution in [2.45, 2.75) is 153 Å². The van der Waals surface area contributed by atoms with E-state index in [2.05, 4.69) is 31.9 Å². The van der Waals surface area contributed by atoms with Crippen LogP contribution < -0.4 is 37.6 Å². The van der Waals surface area contributed by atoms with Crippen LogP contribution in [0.15, 0.2) is 18.2 Å². The molecule has 2 aliphatic heterocycles. The molecule has 14 N–H and O–H groups in total. The number of β-amino-alcohol motifs (C(OH)–C–C–N with tert-alkyl or cyclic N) is 1. The molecule has 0 radical (unpaired) electrons. The van der Waals surface area contributed by atoms with Gasteiger partial charge in [-0.3, -0.25) is 43.2 Å². The Morgan fingerprint density at radius 2 is 1.34 bits per heavy atom. The van der Waals surface area contributed by atoms with Crippen molar-refractivity contribution < 1.29 is 73.8 Å². The fourth-order valence-corrected chi connectivity index (χ4v) is 7.81. The van der Waals surface area contributed by atoms with E-state index in [1.807, 2.05) is 0 Å². The predicted octanol–water partition coefficient (Wildman–Crippen LogP) is -5.56. The van der Waals surface area contributed by atoms with Gasteiger partial charge in [-0.25, -0.2) is 0 Å². The zero-order valence-electron chi connectivity index (χ0n) is 38.9. The van der Waals surface area contributed by atoms with Crippen LogP contribution in [-0.4, -0.2) is 192 Å². The monoisotopic (exact) mass is 949 g/mol. The number of aryl methyl sites for hydroxylation is 1. The van der Waals surface area contributed by atoms with Gasteiger partial charge in [-0.1, -0.05) is 26.0 Å². The van der Waals surface area contributed by atoms with Crippen LogP contribution in [0, 0.1) is 12.8 Å². The summed E-state index contributed by atoms with van der Waals surface area (Å²) in [7, 11) is 1.55. The number of carbonyl (C=O) groups excluding carboxylic acids is 9. The van der Waals surface area contributed by atoms with Crippen molar-refractivity contribution in [1.29, 1.82) is 0 Å². The number of likely N-dealkylation sites (N-methyl/N-ethyl adjacent to an activating group) is 1. The molecule has 13 unspecified atom stereocenters. The quantitative estimate of drug-likeness (QED) is 0.0516. The average molecular weight is 950 g/mol. The highest BCUT2D eigenvalue weighted by Gasteiger charge is 2.47. The zero-order valence-corrected chi connectivity index (χ0v) is 38.9. The van der Waals surface area contributed by atoms with E-state index in [4.69, 9.17) is 5.73 Å². The van der Waals surface area contributed by atoms with Crippen molar-refractivity contribution in [3.63, 3.8) is 0 Å². The predicted molar refractivity (Wildman–Crippen MR) is 236 cm³/mol. The topological polar surface area (TPSA) is 380 Å². The van der Waals surface area contributed by atoms with Gasteiger partial charge in [0.15, 0.2) is 5.78 Å². The summed E-state index contributed by atoms with van der Waals surface area (Å²) in [6, 6.07) is -7.08. The van der Waals surface area contributed by atoms with Crippen LogP contribution in [0.25, 0.3) is 0 Å². The molecule has 2 saturated heterocycles. The average Bonchev–Trinajstić information content (AvgIpc) is 3.84. The number of benzene rings is 1. The number of likely N-dealkylation sites (tertiary alicyclic amines) is 2. The van der Waals surface area contributed by atoms with Crippen LogP contribution in [0.5, 0.6) is 5.75 Å². The molecule has 374 valence electrons. The third-order valence-electron chi connectivity index (χ3n) is 11.8. The minimum Gasteiger partial charge on any atom is -0.508 e. The highest BCUT2D eigenvalue weighted by Crippen LogP contribution is 2.24. The fraction of sp³-hybridized carbons (Fsp3) is 0.651. The molecule has 1 aromatic carbocycles. The number of rotatable bonds is 22. The van der Waals surface area contributed by atoms with Crippen molar-refractivity contribution in [3.05, 3.63) is 29.3 Å². The number of Topliss-reactive ketones (excluding diaryl/α,β-unsaturated/α-hetero) is 1. The first kappa shape index (κ1) is 55.5. The maximum Gasteiger partial charge on any atom is 0.248 e. The van der Waals surface area contributed by atoms with E-state index in [1.165, 1.54) is 6.07 Å². The van der Waals surface area contributed by atoms with Crippen molar-refractivity contribution in [1.82, 2.24) is 41.7 Å². The summed E-state index contributed by atoms with van der Waals surface area (Å²) < 4.78 is 0. The number of aromatic hydroxyl groups is 1. The number of aliphatic hydroxyl groups is 5.